The Hall–Kier alpha value is -1.57. The summed E-state index contributed by atoms with van der Waals surface area (Å²) in [4.78, 5) is 0. The Morgan fingerprint density at radius 3 is 2.69 bits per heavy atom. The molecule has 2 rings (SSSR count). The minimum atomic E-state index is -4.44. The predicted octanol–water partition coefficient (Wildman–Crippen LogP) is 1.41. The lowest BCUT2D eigenvalue weighted by molar-refractivity contribution is -0.137. The monoisotopic (exact) mass is 249 g/mol. The maximum Gasteiger partial charge on any atom is 0.416 e. The first-order chi connectivity index (χ1) is 7.38. The highest BCUT2D eigenvalue weighted by molar-refractivity contribution is 7.85. The van der Waals surface area contributed by atoms with Crippen molar-refractivity contribution in [2.75, 3.05) is 4.72 Å². The first-order valence-electron chi connectivity index (χ1n) is 4.12. The van der Waals surface area contributed by atoms with Gasteiger partial charge in [0.15, 0.2) is 0 Å². The molecule has 0 spiro atoms. The Morgan fingerprint density at radius 1 is 1.38 bits per heavy atom. The summed E-state index contributed by atoms with van der Waals surface area (Å²) in [6.07, 6.45) is -4.44. The van der Waals surface area contributed by atoms with E-state index in [9.17, 15) is 17.4 Å². The van der Waals surface area contributed by atoms with Crippen molar-refractivity contribution in [2.24, 2.45) is 10.1 Å². The van der Waals surface area contributed by atoms with Gasteiger partial charge in [-0.2, -0.15) is 17.6 Å². The lowest BCUT2D eigenvalue weighted by Crippen LogP contribution is -2.23. The number of halogens is 3. The van der Waals surface area contributed by atoms with Crippen LogP contribution in [0.25, 0.3) is 0 Å². The van der Waals surface area contributed by atoms with Gasteiger partial charge in [-0.1, -0.05) is 0 Å². The van der Waals surface area contributed by atoms with Crippen LogP contribution in [0.3, 0.4) is 0 Å². The van der Waals surface area contributed by atoms with Crippen molar-refractivity contribution in [2.45, 2.75) is 6.18 Å². The maximum absolute atomic E-state index is 12.4. The lowest BCUT2D eigenvalue weighted by Gasteiger charge is -2.16. The number of rotatable bonds is 0. The van der Waals surface area contributed by atoms with Crippen molar-refractivity contribution in [3.8, 4) is 0 Å². The number of amidine groups is 1. The number of nitrogens with one attached hydrogen (secondary N) is 1. The van der Waals surface area contributed by atoms with E-state index >= 15 is 0 Å². The van der Waals surface area contributed by atoms with E-state index in [1.807, 2.05) is 0 Å². The number of benzene rings is 1. The fourth-order valence-electron chi connectivity index (χ4n) is 1.28. The summed E-state index contributed by atoms with van der Waals surface area (Å²) < 4.78 is 54.1. The van der Waals surface area contributed by atoms with Crippen LogP contribution >= 0.6 is 0 Å². The zero-order chi connectivity index (χ0) is 11.9. The molecule has 16 heavy (non-hydrogen) atoms. The highest BCUT2D eigenvalue weighted by Crippen LogP contribution is 2.32. The molecule has 0 amide bonds. The van der Waals surface area contributed by atoms with Crippen molar-refractivity contribution in [1.29, 1.82) is 0 Å². The zero-order valence-corrected chi connectivity index (χ0v) is 8.52. The summed E-state index contributed by atoms with van der Waals surface area (Å²) in [6.45, 7) is 0. The van der Waals surface area contributed by atoms with Crippen LogP contribution < -0.4 is 10.5 Å². The molecular formula is C8H6F3N3OS. The molecule has 4 nitrogen and oxygen atoms in total. The molecule has 1 aliphatic heterocycles. The van der Waals surface area contributed by atoms with Crippen LogP contribution in [0.1, 0.15) is 11.1 Å². The highest BCUT2D eigenvalue weighted by atomic mass is 32.2. The first-order valence-corrected chi connectivity index (χ1v) is 5.23. The second-order valence-corrected chi connectivity index (χ2v) is 3.97. The number of hydrogen-bond acceptors (Lipinski definition) is 2. The van der Waals surface area contributed by atoms with Gasteiger partial charge < -0.3 is 5.73 Å². The van der Waals surface area contributed by atoms with Crippen LogP contribution in [-0.4, -0.2) is 10.0 Å². The Kier molecular flexibility index (Phi) is 2.38. The van der Waals surface area contributed by atoms with Gasteiger partial charge in [0.2, 0.25) is 11.2 Å². The van der Waals surface area contributed by atoms with E-state index in [4.69, 9.17) is 5.73 Å². The summed E-state index contributed by atoms with van der Waals surface area (Å²) in [5.41, 5.74) is 4.96. The lowest BCUT2D eigenvalue weighted by atomic mass is 10.1. The summed E-state index contributed by atoms with van der Waals surface area (Å²) in [5.74, 6) is -0.168. The number of hydrogen-bond donors (Lipinski definition) is 2. The van der Waals surface area contributed by atoms with Crippen LogP contribution in [0.15, 0.2) is 22.6 Å². The van der Waals surface area contributed by atoms with Crippen molar-refractivity contribution in [3.63, 3.8) is 0 Å². The Balaban J connectivity index is 2.54. The number of nitrogens with zero attached hydrogens (tertiary/aromatic N) is 1. The third-order valence-corrected chi connectivity index (χ3v) is 2.76. The Labute approximate surface area is 91.1 Å². The van der Waals surface area contributed by atoms with Crippen LogP contribution in [0.5, 0.6) is 0 Å². The van der Waals surface area contributed by atoms with E-state index in [1.54, 1.807) is 0 Å². The molecule has 0 radical (unpaired) electrons. The van der Waals surface area contributed by atoms with E-state index in [0.29, 0.717) is 0 Å². The molecule has 1 heterocycles. The van der Waals surface area contributed by atoms with E-state index in [0.717, 1.165) is 12.1 Å². The average molecular weight is 249 g/mol. The van der Waals surface area contributed by atoms with Gasteiger partial charge in [-0.05, 0) is 18.2 Å². The van der Waals surface area contributed by atoms with Crippen molar-refractivity contribution >= 4 is 22.7 Å². The summed E-state index contributed by atoms with van der Waals surface area (Å²) in [5, 5.41) is 0. The molecule has 1 unspecified atom stereocenters. The van der Waals surface area contributed by atoms with E-state index in [-0.39, 0.29) is 17.1 Å². The molecule has 0 bridgehead atoms. The number of anilines is 1. The van der Waals surface area contributed by atoms with Gasteiger partial charge in [-0.15, -0.1) is 0 Å². The minimum Gasteiger partial charge on any atom is -0.382 e. The van der Waals surface area contributed by atoms with Gasteiger partial charge in [-0.3, -0.25) is 4.72 Å². The molecule has 1 aromatic rings. The molecule has 0 saturated heterocycles. The van der Waals surface area contributed by atoms with Crippen molar-refractivity contribution in [3.05, 3.63) is 29.3 Å². The molecule has 0 aromatic heterocycles. The summed E-state index contributed by atoms with van der Waals surface area (Å²) >= 11 is -1.73. The Morgan fingerprint density at radius 2 is 2.06 bits per heavy atom. The van der Waals surface area contributed by atoms with Crippen LogP contribution in [0, 0.1) is 0 Å². The average Bonchev–Trinajstić information content (AvgIpc) is 2.15. The van der Waals surface area contributed by atoms with Gasteiger partial charge in [0.05, 0.1) is 11.3 Å². The highest BCUT2D eigenvalue weighted by Gasteiger charge is 2.32. The molecular weight excluding hydrogens is 243 g/mol. The first kappa shape index (κ1) is 10.9. The molecule has 0 aliphatic carbocycles. The standard InChI is InChI=1S/C8H6F3N3OS/c9-8(10,11)4-1-2-6-5(3-4)7(12)14-16(15)13-6/h1-3,13H,(H2,12,14). The molecule has 86 valence electrons. The van der Waals surface area contributed by atoms with Crippen molar-refractivity contribution < 1.29 is 17.4 Å². The molecule has 8 heteroatoms. The third-order valence-electron chi connectivity index (χ3n) is 2.00. The number of fused-ring (bicyclic) bond motifs is 1. The topological polar surface area (TPSA) is 67.5 Å². The van der Waals surface area contributed by atoms with Gasteiger partial charge in [0.25, 0.3) is 0 Å². The largest absolute Gasteiger partial charge is 0.416 e. The zero-order valence-electron chi connectivity index (χ0n) is 7.71. The van der Waals surface area contributed by atoms with E-state index in [1.165, 1.54) is 6.07 Å². The van der Waals surface area contributed by atoms with Gasteiger partial charge >= 0.3 is 6.18 Å². The fourth-order valence-corrected chi connectivity index (χ4v) is 1.97. The van der Waals surface area contributed by atoms with Gasteiger partial charge in [0, 0.05) is 5.56 Å². The SMILES string of the molecule is NC1=NS(=O)Nc2ccc(C(F)(F)F)cc21. The summed E-state index contributed by atoms with van der Waals surface area (Å²) in [6, 6.07) is 2.94. The quantitative estimate of drug-likeness (QED) is 0.730. The van der Waals surface area contributed by atoms with Crippen LogP contribution in [0.4, 0.5) is 18.9 Å². The van der Waals surface area contributed by atoms with Crippen LogP contribution in [-0.2, 0) is 17.3 Å². The van der Waals surface area contributed by atoms with Gasteiger partial charge in [0.1, 0.15) is 5.84 Å². The normalized spacial score (nSPS) is 19.7. The van der Waals surface area contributed by atoms with E-state index < -0.39 is 22.9 Å². The minimum absolute atomic E-state index is 0.106. The number of alkyl halides is 3. The number of nitrogens with two attached hydrogens (primary N) is 1. The predicted molar refractivity (Wildman–Crippen MR) is 53.9 cm³/mol. The fraction of sp³-hybridized carbons (Fsp3) is 0.125. The smallest absolute Gasteiger partial charge is 0.382 e. The molecule has 1 aliphatic rings. The van der Waals surface area contributed by atoms with Crippen molar-refractivity contribution in [1.82, 2.24) is 0 Å². The summed E-state index contributed by atoms with van der Waals surface area (Å²) in [7, 11) is 0. The van der Waals surface area contributed by atoms with E-state index in [2.05, 4.69) is 9.12 Å². The second kappa shape index (κ2) is 3.48. The third kappa shape index (κ3) is 1.87. The molecule has 1 aromatic carbocycles. The maximum atomic E-state index is 12.4. The molecule has 1 atom stereocenters. The second-order valence-electron chi connectivity index (χ2n) is 3.09. The Bertz CT molecular complexity index is 498. The van der Waals surface area contributed by atoms with Crippen LogP contribution in [0.2, 0.25) is 0 Å². The molecule has 3 N–H and O–H groups in total. The molecule has 0 fully saturated rings. The van der Waals surface area contributed by atoms with Gasteiger partial charge in [-0.25, -0.2) is 4.21 Å². The molecule has 0 saturated carbocycles.